The number of nitrogens with one attached hydrogen (secondary N) is 2. The number of hydrogen-bond donors (Lipinski definition) is 3. The molecule has 1 heterocycles. The lowest BCUT2D eigenvalue weighted by Crippen LogP contribution is -2.44. The van der Waals surface area contributed by atoms with E-state index < -0.39 is 5.91 Å². The molecule has 0 spiro atoms. The van der Waals surface area contributed by atoms with Gasteiger partial charge in [-0.15, -0.1) is 5.10 Å². The number of benzene rings is 1. The molecule has 2 unspecified atom stereocenters. The van der Waals surface area contributed by atoms with Crippen molar-refractivity contribution in [3.8, 4) is 11.4 Å². The number of carbonyl (C=O) groups is 2. The summed E-state index contributed by atoms with van der Waals surface area (Å²) in [7, 11) is 0. The summed E-state index contributed by atoms with van der Waals surface area (Å²) < 4.78 is 0. The number of aryl methyl sites for hydroxylation is 1. The lowest BCUT2D eigenvalue weighted by molar-refractivity contribution is -0.135. The van der Waals surface area contributed by atoms with Crippen molar-refractivity contribution in [1.82, 2.24) is 15.2 Å². The highest BCUT2D eigenvalue weighted by Gasteiger charge is 2.40. The van der Waals surface area contributed by atoms with Crippen LogP contribution in [0.2, 0.25) is 0 Å². The van der Waals surface area contributed by atoms with Gasteiger partial charge in [-0.2, -0.15) is 4.98 Å². The van der Waals surface area contributed by atoms with Crippen LogP contribution < -0.4 is 11.1 Å². The number of rotatable bonds is 4. The van der Waals surface area contributed by atoms with Crippen LogP contribution >= 0.6 is 0 Å². The fourth-order valence-corrected chi connectivity index (χ4v) is 2.52. The smallest absolute Gasteiger partial charge is 0.249 e. The van der Waals surface area contributed by atoms with Gasteiger partial charge in [0.25, 0.3) is 0 Å². The summed E-state index contributed by atoms with van der Waals surface area (Å²) in [6.07, 6.45) is 1.32. The molecule has 2 aromatic rings. The number of aromatic amines is 1. The standard InChI is InChI=1S/C15H17N5O2/c1-8-2-4-9(5-3-8)13-17-15(20-19-13)18-14(22)11-7-6-10(11)12(16)21/h2-5,10-11H,6-7H2,1H3,(H2,16,21)(H2,17,18,19,20,22). The maximum absolute atomic E-state index is 12.1. The van der Waals surface area contributed by atoms with Crippen LogP contribution in [0.25, 0.3) is 11.4 Å². The van der Waals surface area contributed by atoms with Crippen LogP contribution in [0.5, 0.6) is 0 Å². The second-order valence-electron chi connectivity index (χ2n) is 5.56. The van der Waals surface area contributed by atoms with E-state index in [1.807, 2.05) is 31.2 Å². The highest BCUT2D eigenvalue weighted by atomic mass is 16.2. The molecule has 1 aromatic heterocycles. The van der Waals surface area contributed by atoms with Crippen LogP contribution in [0, 0.1) is 18.8 Å². The second kappa shape index (κ2) is 5.59. The summed E-state index contributed by atoms with van der Waals surface area (Å²) in [5.74, 6) is -0.661. The zero-order chi connectivity index (χ0) is 15.7. The third-order valence-electron chi connectivity index (χ3n) is 4.02. The number of anilines is 1. The van der Waals surface area contributed by atoms with Gasteiger partial charge in [0, 0.05) is 17.4 Å². The zero-order valence-electron chi connectivity index (χ0n) is 12.2. The van der Waals surface area contributed by atoms with Gasteiger partial charge in [0.15, 0.2) is 5.82 Å². The first-order valence-corrected chi connectivity index (χ1v) is 7.14. The largest absolute Gasteiger partial charge is 0.369 e. The molecule has 1 aromatic carbocycles. The van der Waals surface area contributed by atoms with Gasteiger partial charge < -0.3 is 5.73 Å². The van der Waals surface area contributed by atoms with Crippen molar-refractivity contribution in [3.63, 3.8) is 0 Å². The minimum Gasteiger partial charge on any atom is -0.369 e. The first kappa shape index (κ1) is 14.2. The third kappa shape index (κ3) is 2.69. The molecule has 0 radical (unpaired) electrons. The van der Waals surface area contributed by atoms with Gasteiger partial charge in [-0.25, -0.2) is 0 Å². The van der Waals surface area contributed by atoms with E-state index in [-0.39, 0.29) is 23.7 Å². The Labute approximate surface area is 127 Å². The Morgan fingerprint density at radius 1 is 1.23 bits per heavy atom. The van der Waals surface area contributed by atoms with Crippen LogP contribution in [0.15, 0.2) is 24.3 Å². The molecule has 4 N–H and O–H groups in total. The normalized spacial score (nSPS) is 20.2. The van der Waals surface area contributed by atoms with Gasteiger partial charge in [-0.1, -0.05) is 29.8 Å². The van der Waals surface area contributed by atoms with Gasteiger partial charge in [0.05, 0.1) is 0 Å². The van der Waals surface area contributed by atoms with Gasteiger partial charge >= 0.3 is 0 Å². The van der Waals surface area contributed by atoms with Crippen LogP contribution in [0.3, 0.4) is 0 Å². The Morgan fingerprint density at radius 3 is 2.50 bits per heavy atom. The van der Waals surface area contributed by atoms with Crippen molar-refractivity contribution in [2.24, 2.45) is 17.6 Å². The highest BCUT2D eigenvalue weighted by molar-refractivity contribution is 5.95. The maximum atomic E-state index is 12.1. The van der Waals surface area contributed by atoms with E-state index in [0.717, 1.165) is 11.1 Å². The van der Waals surface area contributed by atoms with Crippen molar-refractivity contribution in [2.75, 3.05) is 5.32 Å². The van der Waals surface area contributed by atoms with Crippen molar-refractivity contribution in [3.05, 3.63) is 29.8 Å². The molecule has 1 saturated carbocycles. The Hall–Kier alpha value is -2.70. The number of nitrogens with zero attached hydrogens (tertiary/aromatic N) is 2. The Balaban J connectivity index is 1.68. The molecular formula is C15H17N5O2. The minimum atomic E-state index is -0.429. The number of H-pyrrole nitrogens is 1. The van der Waals surface area contributed by atoms with Crippen LogP contribution in [-0.2, 0) is 9.59 Å². The van der Waals surface area contributed by atoms with Crippen molar-refractivity contribution in [1.29, 1.82) is 0 Å². The number of nitrogens with two attached hydrogens (primary N) is 1. The van der Waals surface area contributed by atoms with E-state index in [1.165, 1.54) is 0 Å². The van der Waals surface area contributed by atoms with Crippen LogP contribution in [0.1, 0.15) is 18.4 Å². The second-order valence-corrected chi connectivity index (χ2v) is 5.56. The molecule has 1 aliphatic rings. The maximum Gasteiger partial charge on any atom is 0.249 e. The predicted octanol–water partition coefficient (Wildman–Crippen LogP) is 1.23. The molecule has 3 rings (SSSR count). The third-order valence-corrected chi connectivity index (χ3v) is 4.02. The number of amides is 2. The summed E-state index contributed by atoms with van der Waals surface area (Å²) >= 11 is 0. The van der Waals surface area contributed by atoms with E-state index in [1.54, 1.807) is 0 Å². The first-order valence-electron chi connectivity index (χ1n) is 7.14. The Morgan fingerprint density at radius 2 is 1.91 bits per heavy atom. The molecular weight excluding hydrogens is 282 g/mol. The Bertz CT molecular complexity index is 707. The number of aromatic nitrogens is 3. The fraction of sp³-hybridized carbons (Fsp3) is 0.333. The average Bonchev–Trinajstić information content (AvgIpc) is 2.85. The summed E-state index contributed by atoms with van der Waals surface area (Å²) in [6.45, 7) is 2.00. The van der Waals surface area contributed by atoms with E-state index >= 15 is 0 Å². The molecule has 114 valence electrons. The van der Waals surface area contributed by atoms with Crippen LogP contribution in [-0.4, -0.2) is 27.0 Å². The molecule has 0 bridgehead atoms. The summed E-state index contributed by atoms with van der Waals surface area (Å²) in [6, 6.07) is 7.80. The van der Waals surface area contributed by atoms with E-state index in [9.17, 15) is 9.59 Å². The van der Waals surface area contributed by atoms with E-state index in [2.05, 4.69) is 20.5 Å². The van der Waals surface area contributed by atoms with Crippen molar-refractivity contribution in [2.45, 2.75) is 19.8 Å². The molecule has 7 heteroatoms. The lowest BCUT2D eigenvalue weighted by Gasteiger charge is -2.32. The Kier molecular flexibility index (Phi) is 3.62. The quantitative estimate of drug-likeness (QED) is 0.787. The number of primary amides is 1. The van der Waals surface area contributed by atoms with Crippen LogP contribution in [0.4, 0.5) is 5.95 Å². The average molecular weight is 299 g/mol. The minimum absolute atomic E-state index is 0.204. The molecule has 7 nitrogen and oxygen atoms in total. The molecule has 1 fully saturated rings. The van der Waals surface area contributed by atoms with E-state index in [4.69, 9.17) is 5.73 Å². The molecule has 2 atom stereocenters. The molecule has 0 saturated heterocycles. The molecule has 2 amide bonds. The van der Waals surface area contributed by atoms with Crippen molar-refractivity contribution >= 4 is 17.8 Å². The van der Waals surface area contributed by atoms with Gasteiger partial charge in [0.1, 0.15) is 0 Å². The molecule has 0 aliphatic heterocycles. The van der Waals surface area contributed by atoms with Crippen molar-refractivity contribution < 1.29 is 9.59 Å². The van der Waals surface area contributed by atoms with Gasteiger partial charge in [-0.3, -0.25) is 20.0 Å². The monoisotopic (exact) mass is 299 g/mol. The van der Waals surface area contributed by atoms with Gasteiger partial charge in [0.2, 0.25) is 17.8 Å². The summed E-state index contributed by atoms with van der Waals surface area (Å²) in [4.78, 5) is 27.5. The zero-order valence-corrected chi connectivity index (χ0v) is 12.2. The number of hydrogen-bond acceptors (Lipinski definition) is 4. The molecule has 22 heavy (non-hydrogen) atoms. The topological polar surface area (TPSA) is 114 Å². The van der Waals surface area contributed by atoms with Gasteiger partial charge in [-0.05, 0) is 19.8 Å². The highest BCUT2D eigenvalue weighted by Crippen LogP contribution is 2.34. The molecule has 1 aliphatic carbocycles. The summed E-state index contributed by atoms with van der Waals surface area (Å²) in [5, 5.41) is 9.40. The SMILES string of the molecule is Cc1ccc(-c2nc(NC(=O)C3CCC3C(N)=O)n[nH]2)cc1. The summed E-state index contributed by atoms with van der Waals surface area (Å²) in [5.41, 5.74) is 7.29. The fourth-order valence-electron chi connectivity index (χ4n) is 2.52. The number of carbonyl (C=O) groups excluding carboxylic acids is 2. The lowest BCUT2D eigenvalue weighted by atomic mass is 9.72. The van der Waals surface area contributed by atoms with E-state index in [0.29, 0.717) is 18.7 Å². The predicted molar refractivity (Wildman–Crippen MR) is 80.6 cm³/mol. The first-order chi connectivity index (χ1) is 10.5.